The predicted octanol–water partition coefficient (Wildman–Crippen LogP) is 4.58. The fourth-order valence-electron chi connectivity index (χ4n) is 3.75. The average molecular weight is 374 g/mol. The van der Waals surface area contributed by atoms with E-state index in [9.17, 15) is 14.9 Å². The Morgan fingerprint density at radius 2 is 1.75 bits per heavy atom. The maximum absolute atomic E-state index is 12.3. The van der Waals surface area contributed by atoms with E-state index in [4.69, 9.17) is 4.74 Å². The molecule has 0 fully saturated rings. The van der Waals surface area contributed by atoms with Crippen molar-refractivity contribution < 1.29 is 9.66 Å². The van der Waals surface area contributed by atoms with E-state index in [2.05, 4.69) is 0 Å². The summed E-state index contributed by atoms with van der Waals surface area (Å²) in [7, 11) is 3.09. The Morgan fingerprint density at radius 3 is 2.43 bits per heavy atom. The molecule has 0 radical (unpaired) electrons. The summed E-state index contributed by atoms with van der Waals surface area (Å²) in [5.74, 6) is 0.300. The van der Waals surface area contributed by atoms with E-state index in [0.29, 0.717) is 27.8 Å². The lowest BCUT2D eigenvalue weighted by Gasteiger charge is -2.16. The molecule has 0 atom stereocenters. The number of aryl methyl sites for hydroxylation is 2. The molecule has 6 heteroatoms. The molecule has 0 aliphatic carbocycles. The molecule has 0 unspecified atom stereocenters. The Kier molecular flexibility index (Phi) is 4.11. The first-order valence-electron chi connectivity index (χ1n) is 8.77. The van der Waals surface area contributed by atoms with Gasteiger partial charge in [0.15, 0.2) is 0 Å². The molecular weight excluding hydrogens is 356 g/mol. The van der Waals surface area contributed by atoms with E-state index in [1.165, 1.54) is 23.8 Å². The summed E-state index contributed by atoms with van der Waals surface area (Å²) in [5, 5.41) is 14.6. The van der Waals surface area contributed by atoms with Crippen molar-refractivity contribution in [1.82, 2.24) is 4.57 Å². The zero-order valence-corrected chi connectivity index (χ0v) is 15.7. The number of ether oxygens (including phenoxy) is 1. The maximum atomic E-state index is 12.3. The van der Waals surface area contributed by atoms with E-state index < -0.39 is 4.92 Å². The number of hydrogen-bond acceptors (Lipinski definition) is 4. The SMILES string of the molecule is COc1cc([N+](=O)[O-])c(-c2ccc3ccccc3c2)c2c(C)cc(=O)n(C)c12. The van der Waals surface area contributed by atoms with Gasteiger partial charge in [0.05, 0.1) is 29.2 Å². The molecule has 0 aliphatic rings. The van der Waals surface area contributed by atoms with Gasteiger partial charge in [0.25, 0.3) is 11.2 Å². The van der Waals surface area contributed by atoms with Gasteiger partial charge in [0.1, 0.15) is 5.75 Å². The van der Waals surface area contributed by atoms with E-state index >= 15 is 0 Å². The molecule has 1 heterocycles. The average Bonchev–Trinajstić information content (AvgIpc) is 2.70. The molecule has 140 valence electrons. The first-order valence-corrected chi connectivity index (χ1v) is 8.77. The third kappa shape index (κ3) is 2.62. The second-order valence-electron chi connectivity index (χ2n) is 6.74. The van der Waals surface area contributed by atoms with Gasteiger partial charge in [0.2, 0.25) is 0 Å². The van der Waals surface area contributed by atoms with Crippen LogP contribution in [-0.2, 0) is 7.05 Å². The Hall–Kier alpha value is -3.67. The van der Waals surface area contributed by atoms with Crippen LogP contribution in [0, 0.1) is 17.0 Å². The maximum Gasteiger partial charge on any atom is 0.281 e. The number of nitro groups is 1. The van der Waals surface area contributed by atoms with Gasteiger partial charge in [-0.05, 0) is 34.9 Å². The minimum absolute atomic E-state index is 0.0543. The molecule has 4 aromatic rings. The van der Waals surface area contributed by atoms with Gasteiger partial charge >= 0.3 is 0 Å². The van der Waals surface area contributed by atoms with E-state index in [-0.39, 0.29) is 11.2 Å². The number of fused-ring (bicyclic) bond motifs is 2. The van der Waals surface area contributed by atoms with Gasteiger partial charge in [0, 0.05) is 18.5 Å². The van der Waals surface area contributed by atoms with E-state index in [1.807, 2.05) is 42.5 Å². The van der Waals surface area contributed by atoms with E-state index in [1.54, 1.807) is 14.0 Å². The smallest absolute Gasteiger partial charge is 0.281 e. The van der Waals surface area contributed by atoms with Gasteiger partial charge in [-0.2, -0.15) is 0 Å². The van der Waals surface area contributed by atoms with Crippen LogP contribution >= 0.6 is 0 Å². The molecule has 0 bridgehead atoms. The Bertz CT molecular complexity index is 1320. The minimum Gasteiger partial charge on any atom is -0.494 e. The number of benzene rings is 3. The summed E-state index contributed by atoms with van der Waals surface area (Å²) in [6.45, 7) is 1.79. The minimum atomic E-state index is -0.406. The quantitative estimate of drug-likeness (QED) is 0.388. The van der Waals surface area contributed by atoms with Crippen molar-refractivity contribution >= 4 is 27.4 Å². The molecule has 0 amide bonds. The summed E-state index contributed by atoms with van der Waals surface area (Å²) in [4.78, 5) is 23.8. The summed E-state index contributed by atoms with van der Waals surface area (Å²) in [6, 6.07) is 16.5. The lowest BCUT2D eigenvalue weighted by molar-refractivity contribution is -0.384. The highest BCUT2D eigenvalue weighted by Crippen LogP contribution is 2.43. The highest BCUT2D eigenvalue weighted by Gasteiger charge is 2.25. The van der Waals surface area contributed by atoms with Gasteiger partial charge in [-0.15, -0.1) is 0 Å². The van der Waals surface area contributed by atoms with Gasteiger partial charge in [-0.3, -0.25) is 14.9 Å². The topological polar surface area (TPSA) is 74.4 Å². The third-order valence-corrected chi connectivity index (χ3v) is 5.10. The van der Waals surface area contributed by atoms with Crippen LogP contribution in [0.3, 0.4) is 0 Å². The van der Waals surface area contributed by atoms with Crippen molar-refractivity contribution in [3.05, 3.63) is 80.6 Å². The Morgan fingerprint density at radius 1 is 1.04 bits per heavy atom. The molecule has 0 N–H and O–H groups in total. The molecule has 1 aromatic heterocycles. The molecule has 28 heavy (non-hydrogen) atoms. The first kappa shape index (κ1) is 17.7. The monoisotopic (exact) mass is 374 g/mol. The van der Waals surface area contributed by atoms with Crippen LogP contribution in [-0.4, -0.2) is 16.6 Å². The molecule has 3 aromatic carbocycles. The summed E-state index contributed by atoms with van der Waals surface area (Å²) >= 11 is 0. The fraction of sp³-hybridized carbons (Fsp3) is 0.136. The van der Waals surface area contributed by atoms with Gasteiger partial charge in [-0.1, -0.05) is 36.4 Å². The number of nitrogens with zero attached hydrogens (tertiary/aromatic N) is 2. The molecule has 6 nitrogen and oxygen atoms in total. The molecule has 4 rings (SSSR count). The van der Waals surface area contributed by atoms with Gasteiger partial charge in [-0.25, -0.2) is 0 Å². The number of methoxy groups -OCH3 is 1. The predicted molar refractivity (Wildman–Crippen MR) is 110 cm³/mol. The summed E-state index contributed by atoms with van der Waals surface area (Å²) in [5.41, 5.74) is 2.17. The van der Waals surface area contributed by atoms with Crippen molar-refractivity contribution in [3.63, 3.8) is 0 Å². The highest BCUT2D eigenvalue weighted by atomic mass is 16.6. The van der Waals surface area contributed by atoms with Crippen LogP contribution in [0.2, 0.25) is 0 Å². The zero-order chi connectivity index (χ0) is 20.0. The van der Waals surface area contributed by atoms with Crippen molar-refractivity contribution in [2.75, 3.05) is 7.11 Å². The van der Waals surface area contributed by atoms with Crippen molar-refractivity contribution in [1.29, 1.82) is 0 Å². The molecule has 0 saturated heterocycles. The fourth-order valence-corrected chi connectivity index (χ4v) is 3.75. The van der Waals surface area contributed by atoms with Crippen LogP contribution < -0.4 is 10.3 Å². The second-order valence-corrected chi connectivity index (χ2v) is 6.74. The van der Waals surface area contributed by atoms with Crippen LogP contribution in [0.15, 0.2) is 59.4 Å². The van der Waals surface area contributed by atoms with Crippen LogP contribution in [0.25, 0.3) is 32.8 Å². The van der Waals surface area contributed by atoms with Crippen LogP contribution in [0.1, 0.15) is 5.56 Å². The number of aromatic nitrogens is 1. The third-order valence-electron chi connectivity index (χ3n) is 5.10. The Balaban J connectivity index is 2.22. The number of hydrogen-bond donors (Lipinski definition) is 0. The van der Waals surface area contributed by atoms with Crippen molar-refractivity contribution in [2.24, 2.45) is 7.05 Å². The molecule has 0 spiro atoms. The summed E-state index contributed by atoms with van der Waals surface area (Å²) < 4.78 is 6.87. The molecule has 0 saturated carbocycles. The molecular formula is C22H18N2O4. The number of rotatable bonds is 3. The standard InChI is InChI=1S/C22H18N2O4/c1-13-10-19(25)23(2)22-18(28-3)12-17(24(26)27)21(20(13)22)16-9-8-14-6-4-5-7-15(14)11-16/h4-12H,1-3H3. The second kappa shape index (κ2) is 6.49. The number of nitro benzene ring substituents is 1. The van der Waals surface area contributed by atoms with Crippen molar-refractivity contribution in [2.45, 2.75) is 6.92 Å². The zero-order valence-electron chi connectivity index (χ0n) is 15.7. The first-order chi connectivity index (χ1) is 13.4. The lowest BCUT2D eigenvalue weighted by atomic mass is 9.93. The molecule has 0 aliphatic heterocycles. The lowest BCUT2D eigenvalue weighted by Crippen LogP contribution is -2.17. The van der Waals surface area contributed by atoms with Gasteiger partial charge < -0.3 is 9.30 Å². The Labute approximate surface area is 160 Å². The van der Waals surface area contributed by atoms with E-state index in [0.717, 1.165) is 16.3 Å². The normalized spacial score (nSPS) is 11.1. The van der Waals surface area contributed by atoms with Crippen molar-refractivity contribution in [3.8, 4) is 16.9 Å². The number of pyridine rings is 1. The van der Waals surface area contributed by atoms with Crippen LogP contribution in [0.5, 0.6) is 5.75 Å². The highest BCUT2D eigenvalue weighted by molar-refractivity contribution is 6.06. The van der Waals surface area contributed by atoms with Crippen LogP contribution in [0.4, 0.5) is 5.69 Å². The largest absolute Gasteiger partial charge is 0.494 e. The summed E-state index contributed by atoms with van der Waals surface area (Å²) in [6.07, 6.45) is 0.